The summed E-state index contributed by atoms with van der Waals surface area (Å²) in [7, 11) is 0. The van der Waals surface area contributed by atoms with E-state index in [0.717, 1.165) is 23.7 Å². The fourth-order valence-corrected chi connectivity index (χ4v) is 2.42. The van der Waals surface area contributed by atoms with E-state index in [1.165, 1.54) is 0 Å². The number of amidine groups is 1. The molecule has 0 radical (unpaired) electrons. The summed E-state index contributed by atoms with van der Waals surface area (Å²) >= 11 is 0. The molecule has 28 heavy (non-hydrogen) atoms. The molecule has 7 nitrogen and oxygen atoms in total. The molecular weight excluding hydrogens is 352 g/mol. The van der Waals surface area contributed by atoms with Crippen molar-refractivity contribution in [3.05, 3.63) is 71.9 Å². The molecule has 0 aliphatic rings. The smallest absolute Gasteiger partial charge is 0.160 e. The maximum absolute atomic E-state index is 5.36. The van der Waals surface area contributed by atoms with Crippen LogP contribution in [0.2, 0.25) is 0 Å². The van der Waals surface area contributed by atoms with Gasteiger partial charge in [0.2, 0.25) is 0 Å². The summed E-state index contributed by atoms with van der Waals surface area (Å²) in [6.07, 6.45) is 5.50. The van der Waals surface area contributed by atoms with Crippen LogP contribution >= 0.6 is 0 Å². The minimum Gasteiger partial charge on any atom is -0.467 e. The molecule has 144 valence electrons. The first-order chi connectivity index (χ1) is 13.7. The molecular formula is C21H24N6O. The van der Waals surface area contributed by atoms with Crippen molar-refractivity contribution >= 4 is 29.6 Å². The van der Waals surface area contributed by atoms with Gasteiger partial charge in [0.05, 0.1) is 12.8 Å². The van der Waals surface area contributed by atoms with Gasteiger partial charge in [-0.25, -0.2) is 20.4 Å². The van der Waals surface area contributed by atoms with Crippen LogP contribution in [0.1, 0.15) is 31.0 Å². The highest BCUT2D eigenvalue weighted by Gasteiger charge is 2.04. The highest BCUT2D eigenvalue weighted by Crippen LogP contribution is 2.17. The number of furan rings is 1. The molecule has 0 saturated heterocycles. The van der Waals surface area contributed by atoms with Crippen LogP contribution in [0, 0.1) is 0 Å². The first kappa shape index (κ1) is 19.3. The molecule has 1 aromatic carbocycles. The summed E-state index contributed by atoms with van der Waals surface area (Å²) in [5, 5.41) is 3.26. The molecule has 3 rings (SSSR count). The Balaban J connectivity index is 1.83. The molecule has 0 saturated carbocycles. The van der Waals surface area contributed by atoms with Gasteiger partial charge >= 0.3 is 0 Å². The van der Waals surface area contributed by atoms with Crippen molar-refractivity contribution in [2.75, 3.05) is 11.9 Å². The summed E-state index contributed by atoms with van der Waals surface area (Å²) in [4.78, 5) is 13.6. The van der Waals surface area contributed by atoms with Gasteiger partial charge < -0.3 is 15.2 Å². The Morgan fingerprint density at radius 3 is 2.71 bits per heavy atom. The van der Waals surface area contributed by atoms with Crippen LogP contribution in [0.25, 0.3) is 12.2 Å². The van der Waals surface area contributed by atoms with E-state index in [1.54, 1.807) is 12.3 Å². The average Bonchev–Trinajstić information content (AvgIpc) is 3.23. The van der Waals surface area contributed by atoms with E-state index in [0.29, 0.717) is 24.0 Å². The van der Waals surface area contributed by atoms with Crippen molar-refractivity contribution in [1.82, 2.24) is 20.8 Å². The van der Waals surface area contributed by atoms with Crippen LogP contribution in [-0.2, 0) is 6.54 Å². The molecule has 0 amide bonds. The van der Waals surface area contributed by atoms with Crippen LogP contribution in [0.4, 0.5) is 11.6 Å². The van der Waals surface area contributed by atoms with E-state index in [9.17, 15) is 0 Å². The molecule has 0 aliphatic carbocycles. The normalized spacial score (nSPS) is 11.7. The number of rotatable bonds is 8. The number of aromatic nitrogens is 2. The maximum Gasteiger partial charge on any atom is 0.160 e. The minimum atomic E-state index is 0.531. The topological polar surface area (TPSA) is 87.4 Å². The highest BCUT2D eigenvalue weighted by molar-refractivity contribution is 5.81. The standard InChI is InChI=1S/C21H24N6O/c1-3-23-27-16(2)24-21-14-20(22-15-18-10-7-13-28-18)25-19(26-21)12-11-17-8-5-4-6-9-17/h4-14,23H,3,15H2,1-2H3,(H2,22,24,25,26,27)/b12-11+. The number of hydrogen-bond acceptors (Lipinski definition) is 6. The monoisotopic (exact) mass is 376 g/mol. The quantitative estimate of drug-likeness (QED) is 0.313. The predicted octanol–water partition coefficient (Wildman–Crippen LogP) is 4.02. The second kappa shape index (κ2) is 10.0. The van der Waals surface area contributed by atoms with E-state index >= 15 is 0 Å². The summed E-state index contributed by atoms with van der Waals surface area (Å²) in [6, 6.07) is 15.6. The average molecular weight is 376 g/mol. The van der Waals surface area contributed by atoms with Gasteiger partial charge in [0.25, 0.3) is 0 Å². The van der Waals surface area contributed by atoms with Gasteiger partial charge in [0.1, 0.15) is 17.4 Å². The third-order valence-corrected chi connectivity index (χ3v) is 3.71. The molecule has 0 fully saturated rings. The van der Waals surface area contributed by atoms with Crippen molar-refractivity contribution in [3.63, 3.8) is 0 Å². The lowest BCUT2D eigenvalue weighted by Gasteiger charge is -2.08. The van der Waals surface area contributed by atoms with Gasteiger partial charge in [-0.15, -0.1) is 0 Å². The van der Waals surface area contributed by atoms with Crippen molar-refractivity contribution in [1.29, 1.82) is 0 Å². The molecule has 7 heteroatoms. The largest absolute Gasteiger partial charge is 0.467 e. The number of hydrogen-bond donors (Lipinski definition) is 3. The molecule has 0 spiro atoms. The Morgan fingerprint density at radius 1 is 1.11 bits per heavy atom. The van der Waals surface area contributed by atoms with Gasteiger partial charge in [0, 0.05) is 12.6 Å². The zero-order valence-electron chi connectivity index (χ0n) is 16.0. The minimum absolute atomic E-state index is 0.531. The molecule has 0 aliphatic heterocycles. The molecule has 0 bridgehead atoms. The lowest BCUT2D eigenvalue weighted by molar-refractivity contribution is 0.518. The third kappa shape index (κ3) is 6.07. The third-order valence-electron chi connectivity index (χ3n) is 3.71. The first-order valence-electron chi connectivity index (χ1n) is 9.15. The second-order valence-electron chi connectivity index (χ2n) is 6.00. The summed E-state index contributed by atoms with van der Waals surface area (Å²) in [6.45, 7) is 5.20. The predicted molar refractivity (Wildman–Crippen MR) is 113 cm³/mol. The molecule has 2 heterocycles. The van der Waals surface area contributed by atoms with E-state index in [4.69, 9.17) is 4.42 Å². The number of aliphatic imine (C=N–C) groups is 1. The van der Waals surface area contributed by atoms with Crippen molar-refractivity contribution < 1.29 is 4.42 Å². The van der Waals surface area contributed by atoms with Crippen LogP contribution < -0.4 is 16.2 Å². The van der Waals surface area contributed by atoms with Crippen LogP contribution in [0.15, 0.2) is 64.2 Å². The zero-order valence-corrected chi connectivity index (χ0v) is 16.0. The van der Waals surface area contributed by atoms with Gasteiger partial charge in [-0.2, -0.15) is 0 Å². The summed E-state index contributed by atoms with van der Waals surface area (Å²) < 4.78 is 5.36. The number of benzene rings is 1. The van der Waals surface area contributed by atoms with Crippen molar-refractivity contribution in [2.45, 2.75) is 20.4 Å². The lowest BCUT2D eigenvalue weighted by Crippen LogP contribution is -2.35. The number of nitrogens with one attached hydrogen (secondary N) is 3. The van der Waals surface area contributed by atoms with E-state index in [2.05, 4.69) is 31.1 Å². The molecule has 0 atom stereocenters. The first-order valence-corrected chi connectivity index (χ1v) is 9.15. The Labute approximate surface area is 164 Å². The van der Waals surface area contributed by atoms with Crippen LogP contribution in [0.5, 0.6) is 0 Å². The van der Waals surface area contributed by atoms with Crippen molar-refractivity contribution in [3.8, 4) is 0 Å². The van der Waals surface area contributed by atoms with E-state index in [-0.39, 0.29) is 0 Å². The Bertz CT molecular complexity index is 919. The SMILES string of the molecule is CCNNC(C)=Nc1cc(NCc2ccco2)nc(/C=C/c2ccccc2)n1. The fraction of sp³-hybridized carbons (Fsp3) is 0.190. The molecule has 3 N–H and O–H groups in total. The maximum atomic E-state index is 5.36. The molecule has 0 unspecified atom stereocenters. The summed E-state index contributed by atoms with van der Waals surface area (Å²) in [5.74, 6) is 3.36. The zero-order chi connectivity index (χ0) is 19.6. The Morgan fingerprint density at radius 2 is 1.96 bits per heavy atom. The fourth-order valence-electron chi connectivity index (χ4n) is 2.42. The molecule has 2 aromatic heterocycles. The lowest BCUT2D eigenvalue weighted by atomic mass is 10.2. The summed E-state index contributed by atoms with van der Waals surface area (Å²) in [5.41, 5.74) is 7.12. The van der Waals surface area contributed by atoms with Crippen LogP contribution in [-0.4, -0.2) is 22.3 Å². The van der Waals surface area contributed by atoms with E-state index in [1.807, 2.05) is 68.5 Å². The van der Waals surface area contributed by atoms with Crippen molar-refractivity contribution in [2.24, 2.45) is 4.99 Å². The van der Waals surface area contributed by atoms with Gasteiger partial charge in [-0.3, -0.25) is 0 Å². The molecule has 3 aromatic rings. The number of anilines is 1. The highest BCUT2D eigenvalue weighted by atomic mass is 16.3. The van der Waals surface area contributed by atoms with Gasteiger partial charge in [-0.1, -0.05) is 43.3 Å². The Kier molecular flexibility index (Phi) is 6.92. The van der Waals surface area contributed by atoms with E-state index < -0.39 is 0 Å². The number of hydrazine groups is 1. The number of nitrogens with zero attached hydrogens (tertiary/aromatic N) is 3. The van der Waals surface area contributed by atoms with Crippen LogP contribution in [0.3, 0.4) is 0 Å². The van der Waals surface area contributed by atoms with Gasteiger partial charge in [0.15, 0.2) is 11.6 Å². The second-order valence-corrected chi connectivity index (χ2v) is 6.00. The van der Waals surface area contributed by atoms with Gasteiger partial charge in [-0.05, 0) is 30.7 Å². The Hall–Kier alpha value is -3.45.